The molecule has 1 saturated carbocycles. The van der Waals surface area contributed by atoms with E-state index in [4.69, 9.17) is 0 Å². The Morgan fingerprint density at radius 3 is 2.27 bits per heavy atom. The zero-order valence-corrected chi connectivity index (χ0v) is 17.9. The van der Waals surface area contributed by atoms with Crippen molar-refractivity contribution in [2.75, 3.05) is 19.6 Å². The first-order chi connectivity index (χ1) is 14.6. The molecule has 4 heteroatoms. The summed E-state index contributed by atoms with van der Waals surface area (Å²) in [7, 11) is 0. The predicted octanol–water partition coefficient (Wildman–Crippen LogP) is 6.26. The Hall–Kier alpha value is -2.25. The van der Waals surface area contributed by atoms with Crippen LogP contribution >= 0.6 is 0 Å². The van der Waals surface area contributed by atoms with Gasteiger partial charge in [-0.25, -0.2) is 8.78 Å². The van der Waals surface area contributed by atoms with E-state index >= 15 is 0 Å². The van der Waals surface area contributed by atoms with Gasteiger partial charge in [-0.05, 0) is 68.8 Å². The largest absolute Gasteiger partial charge is 0.303 e. The lowest BCUT2D eigenvalue weighted by Crippen LogP contribution is -2.36. The highest BCUT2D eigenvalue weighted by molar-refractivity contribution is 5.36. The number of halogens is 2. The van der Waals surface area contributed by atoms with Crippen molar-refractivity contribution < 1.29 is 8.78 Å². The minimum Gasteiger partial charge on any atom is -0.303 e. The Bertz CT molecular complexity index is 820. The van der Waals surface area contributed by atoms with Crippen LogP contribution in [-0.4, -0.2) is 24.5 Å². The molecule has 2 aromatic rings. The highest BCUT2D eigenvalue weighted by Gasteiger charge is 2.45. The van der Waals surface area contributed by atoms with Crippen molar-refractivity contribution in [1.29, 1.82) is 5.26 Å². The lowest BCUT2D eigenvalue weighted by Gasteiger charge is -2.34. The van der Waals surface area contributed by atoms with Crippen LogP contribution in [0.3, 0.4) is 0 Å². The Kier molecular flexibility index (Phi) is 7.99. The van der Waals surface area contributed by atoms with E-state index in [0.717, 1.165) is 58.2 Å². The number of benzene rings is 2. The van der Waals surface area contributed by atoms with Crippen LogP contribution in [0.2, 0.25) is 0 Å². The smallest absolute Gasteiger partial charge is 0.130 e. The molecule has 1 atom stereocenters. The molecule has 1 aliphatic carbocycles. The number of nitrogens with zero attached hydrogens (tertiary/aromatic N) is 2. The molecule has 0 N–H and O–H groups in total. The molecule has 2 nitrogen and oxygen atoms in total. The fourth-order valence-electron chi connectivity index (χ4n) is 5.02. The van der Waals surface area contributed by atoms with Gasteiger partial charge in [0.2, 0.25) is 0 Å². The Labute approximate surface area is 179 Å². The van der Waals surface area contributed by atoms with Crippen molar-refractivity contribution >= 4 is 0 Å². The second kappa shape index (κ2) is 10.7. The Morgan fingerprint density at radius 1 is 1.00 bits per heavy atom. The molecule has 30 heavy (non-hydrogen) atoms. The van der Waals surface area contributed by atoms with Gasteiger partial charge in [0.15, 0.2) is 0 Å². The summed E-state index contributed by atoms with van der Waals surface area (Å²) in [5, 5.41) is 10.2. The topological polar surface area (TPSA) is 27.0 Å². The molecule has 1 aliphatic rings. The third-order valence-corrected chi connectivity index (χ3v) is 6.71. The molecule has 0 aromatic heterocycles. The summed E-state index contributed by atoms with van der Waals surface area (Å²) in [6, 6.07) is 16.8. The Balaban J connectivity index is 1.71. The van der Waals surface area contributed by atoms with Gasteiger partial charge in [-0.2, -0.15) is 5.26 Å². The molecule has 160 valence electrons. The first-order valence-electron chi connectivity index (χ1n) is 11.2. The monoisotopic (exact) mass is 410 g/mol. The lowest BCUT2D eigenvalue weighted by atomic mass is 9.67. The quantitative estimate of drug-likeness (QED) is 0.462. The normalized spacial score (nSPS) is 16.5. The molecule has 0 amide bonds. The first-order valence-corrected chi connectivity index (χ1v) is 11.2. The molecule has 0 spiro atoms. The molecule has 1 unspecified atom stereocenters. The van der Waals surface area contributed by atoms with Crippen LogP contribution in [-0.2, 0) is 11.8 Å². The minimum atomic E-state index is -1.08. The van der Waals surface area contributed by atoms with Crippen LogP contribution in [0.5, 0.6) is 0 Å². The molecule has 2 aromatic carbocycles. The number of hydrogen-bond acceptors (Lipinski definition) is 2. The highest BCUT2D eigenvalue weighted by Crippen LogP contribution is 2.46. The van der Waals surface area contributed by atoms with Crippen molar-refractivity contribution in [3.05, 3.63) is 71.3 Å². The van der Waals surface area contributed by atoms with Gasteiger partial charge in [-0.1, -0.05) is 56.2 Å². The number of rotatable bonds is 10. The summed E-state index contributed by atoms with van der Waals surface area (Å²) in [6.07, 6.45) is 6.02. The standard InChI is InChI=1S/C26H32F2N2/c1-2-30(19-16-21-10-4-3-5-11-21)18-9-17-26(20-29,22-12-6-7-13-22)25-23(27)14-8-15-24(25)28/h3-5,8,10-11,14-15,22H,2,6-7,9,12-13,16-19H2,1H3. The predicted molar refractivity (Wildman–Crippen MR) is 117 cm³/mol. The minimum absolute atomic E-state index is 0.00765. The average Bonchev–Trinajstić information content (AvgIpc) is 3.31. The highest BCUT2D eigenvalue weighted by atomic mass is 19.1. The third-order valence-electron chi connectivity index (χ3n) is 6.71. The first kappa shape index (κ1) is 22.4. The fourth-order valence-corrected chi connectivity index (χ4v) is 5.02. The van der Waals surface area contributed by atoms with Gasteiger partial charge >= 0.3 is 0 Å². The van der Waals surface area contributed by atoms with Gasteiger partial charge < -0.3 is 4.90 Å². The van der Waals surface area contributed by atoms with Crippen LogP contribution in [0.25, 0.3) is 0 Å². The van der Waals surface area contributed by atoms with Gasteiger partial charge in [0.25, 0.3) is 0 Å². The third kappa shape index (κ3) is 5.08. The van der Waals surface area contributed by atoms with E-state index in [1.165, 1.54) is 23.8 Å². The second-order valence-corrected chi connectivity index (χ2v) is 8.43. The summed E-state index contributed by atoms with van der Waals surface area (Å²) < 4.78 is 29.5. The molecule has 0 radical (unpaired) electrons. The maximum atomic E-state index is 14.7. The molecular weight excluding hydrogens is 378 g/mol. The second-order valence-electron chi connectivity index (χ2n) is 8.43. The van der Waals surface area contributed by atoms with Gasteiger partial charge in [-0.3, -0.25) is 0 Å². The molecule has 0 saturated heterocycles. The number of nitriles is 1. The zero-order valence-electron chi connectivity index (χ0n) is 17.9. The number of likely N-dealkylation sites (N-methyl/N-ethyl adjacent to an activating group) is 1. The van der Waals surface area contributed by atoms with Crippen molar-refractivity contribution in [3.63, 3.8) is 0 Å². The molecular formula is C26H32F2N2. The maximum Gasteiger partial charge on any atom is 0.130 e. The summed E-state index contributed by atoms with van der Waals surface area (Å²) in [5.41, 5.74) is 0.221. The van der Waals surface area contributed by atoms with E-state index in [-0.39, 0.29) is 11.5 Å². The van der Waals surface area contributed by atoms with E-state index < -0.39 is 17.0 Å². The van der Waals surface area contributed by atoms with Crippen molar-refractivity contribution in [2.45, 2.75) is 57.3 Å². The SMILES string of the molecule is CCN(CCCC(C#N)(c1c(F)cccc1F)C1CCCC1)CCc1ccccc1. The summed E-state index contributed by atoms with van der Waals surface area (Å²) >= 11 is 0. The van der Waals surface area contributed by atoms with Crippen LogP contribution in [0, 0.1) is 28.9 Å². The van der Waals surface area contributed by atoms with Gasteiger partial charge in [-0.15, -0.1) is 0 Å². The van der Waals surface area contributed by atoms with Crippen molar-refractivity contribution in [1.82, 2.24) is 4.90 Å². The van der Waals surface area contributed by atoms with E-state index in [0.29, 0.717) is 6.42 Å². The van der Waals surface area contributed by atoms with E-state index in [2.05, 4.69) is 42.2 Å². The van der Waals surface area contributed by atoms with E-state index in [1.54, 1.807) is 0 Å². The summed E-state index contributed by atoms with van der Waals surface area (Å²) in [5.74, 6) is -1.15. The van der Waals surface area contributed by atoms with Crippen LogP contribution in [0.4, 0.5) is 8.78 Å². The molecule has 0 heterocycles. The van der Waals surface area contributed by atoms with Gasteiger partial charge in [0.1, 0.15) is 11.6 Å². The average molecular weight is 411 g/mol. The number of hydrogen-bond donors (Lipinski definition) is 0. The Morgan fingerprint density at radius 2 is 1.67 bits per heavy atom. The summed E-state index contributed by atoms with van der Waals surface area (Å²) in [4.78, 5) is 2.36. The van der Waals surface area contributed by atoms with Crippen molar-refractivity contribution in [2.24, 2.45) is 5.92 Å². The van der Waals surface area contributed by atoms with E-state index in [9.17, 15) is 14.0 Å². The summed E-state index contributed by atoms with van der Waals surface area (Å²) in [6.45, 7) is 4.83. The maximum absolute atomic E-state index is 14.7. The van der Waals surface area contributed by atoms with E-state index in [1.807, 2.05) is 6.07 Å². The van der Waals surface area contributed by atoms with Crippen LogP contribution < -0.4 is 0 Å². The molecule has 0 aliphatic heterocycles. The van der Waals surface area contributed by atoms with Gasteiger partial charge in [0, 0.05) is 12.1 Å². The lowest BCUT2D eigenvalue weighted by molar-refractivity contribution is 0.249. The van der Waals surface area contributed by atoms with Crippen molar-refractivity contribution in [3.8, 4) is 6.07 Å². The van der Waals surface area contributed by atoms with Gasteiger partial charge in [0.05, 0.1) is 11.5 Å². The zero-order chi connectivity index (χ0) is 21.4. The molecule has 3 rings (SSSR count). The molecule has 0 bridgehead atoms. The molecule has 1 fully saturated rings. The van der Waals surface area contributed by atoms with Crippen LogP contribution in [0.1, 0.15) is 56.6 Å². The fraction of sp³-hybridized carbons (Fsp3) is 0.500. The van der Waals surface area contributed by atoms with Crippen LogP contribution in [0.15, 0.2) is 48.5 Å².